The molecule has 0 N–H and O–H groups in total. The second-order valence-electron chi connectivity index (χ2n) is 11.9. The van der Waals surface area contributed by atoms with E-state index in [0.717, 1.165) is 17.0 Å². The van der Waals surface area contributed by atoms with Crippen molar-refractivity contribution < 1.29 is 35.4 Å². The first-order valence-electron chi connectivity index (χ1n) is 15.1. The van der Waals surface area contributed by atoms with Crippen molar-refractivity contribution in [2.24, 2.45) is 0 Å². The SMILES string of the molecule is Cc1cc(CC(c2c(C)nc3sc(C)cn23)(n2ccc(-c3noc(C(F)(F)F)n3)cc2=O)n2ccc(-c3noc(C(F)(F)F)n3)cc2=O)cc(C)n1. The highest BCUT2D eigenvalue weighted by Crippen LogP contribution is 2.37. The molecule has 7 heterocycles. The monoisotopic (exact) mass is 743 g/mol. The standard InChI is InChI=1S/C32H23F6N9O4S/c1-15-9-19(10-16(2)39-15)13-30(24-18(4)40-29-45(24)14-17(3)52-29,46-7-5-20(11-22(46)48)25-41-27(50-43-25)31(33,34)35)47-8-6-21(12-23(47)49)26-42-28(51-44-26)32(36,37)38/h5-12,14H,13H2,1-4H3. The Morgan fingerprint density at radius 1 is 0.712 bits per heavy atom. The molecule has 0 unspecified atom stereocenters. The number of rotatable bonds is 7. The van der Waals surface area contributed by atoms with Crippen molar-refractivity contribution in [3.05, 3.63) is 121 Å². The second-order valence-corrected chi connectivity index (χ2v) is 13.1. The lowest BCUT2D eigenvalue weighted by molar-refractivity contribution is -0.160. The summed E-state index contributed by atoms with van der Waals surface area (Å²) in [5.41, 5.74) is -0.948. The highest BCUT2D eigenvalue weighted by Gasteiger charge is 2.44. The highest BCUT2D eigenvalue weighted by molar-refractivity contribution is 7.17. The lowest BCUT2D eigenvalue weighted by Gasteiger charge is -2.38. The fraction of sp³-hybridized carbons (Fsp3) is 0.250. The molecule has 7 aromatic heterocycles. The molecular formula is C32H23F6N9O4S. The van der Waals surface area contributed by atoms with E-state index in [4.69, 9.17) is 4.98 Å². The Balaban J connectivity index is 1.53. The number of aromatic nitrogens is 9. The molecule has 0 fully saturated rings. The maximum atomic E-state index is 14.4. The van der Waals surface area contributed by atoms with E-state index < -0.39 is 52.6 Å². The third-order valence-corrected chi connectivity index (χ3v) is 8.97. The van der Waals surface area contributed by atoms with Gasteiger partial charge in [0.05, 0.1) is 11.4 Å². The van der Waals surface area contributed by atoms with E-state index in [1.807, 2.05) is 6.92 Å². The Kier molecular flexibility index (Phi) is 8.03. The molecule has 7 rings (SSSR count). The van der Waals surface area contributed by atoms with Crippen LogP contribution in [-0.4, -0.2) is 43.8 Å². The number of nitrogens with zero attached hydrogens (tertiary/aromatic N) is 9. The Labute approximate surface area is 290 Å². The first-order chi connectivity index (χ1) is 24.4. The summed E-state index contributed by atoms with van der Waals surface area (Å²) < 4.78 is 92.4. The van der Waals surface area contributed by atoms with Crippen LogP contribution >= 0.6 is 11.3 Å². The summed E-state index contributed by atoms with van der Waals surface area (Å²) >= 11 is 1.35. The van der Waals surface area contributed by atoms with E-state index in [-0.39, 0.29) is 17.5 Å². The van der Waals surface area contributed by atoms with Gasteiger partial charge in [0, 0.05) is 64.5 Å². The van der Waals surface area contributed by atoms with Gasteiger partial charge in [0.25, 0.3) is 11.1 Å². The van der Waals surface area contributed by atoms with Crippen LogP contribution in [0.1, 0.15) is 45.0 Å². The Bertz CT molecular complexity index is 2480. The van der Waals surface area contributed by atoms with Gasteiger partial charge >= 0.3 is 24.1 Å². The number of alkyl halides is 6. The van der Waals surface area contributed by atoms with Crippen molar-refractivity contribution in [1.82, 2.24) is 43.8 Å². The lowest BCUT2D eigenvalue weighted by Crippen LogP contribution is -2.54. The first kappa shape index (κ1) is 34.5. The molecule has 0 amide bonds. The summed E-state index contributed by atoms with van der Waals surface area (Å²) in [6.07, 6.45) is -5.60. The molecule has 0 atom stereocenters. The van der Waals surface area contributed by atoms with E-state index in [0.29, 0.717) is 33.3 Å². The molecule has 52 heavy (non-hydrogen) atoms. The van der Waals surface area contributed by atoms with Crippen molar-refractivity contribution >= 4 is 16.3 Å². The minimum absolute atomic E-state index is 0.0971. The summed E-state index contributed by atoms with van der Waals surface area (Å²) in [6.45, 7) is 7.07. The fourth-order valence-electron chi connectivity index (χ4n) is 6.21. The van der Waals surface area contributed by atoms with Crippen molar-refractivity contribution in [2.75, 3.05) is 0 Å². The molecule has 0 aliphatic rings. The number of imidazole rings is 1. The zero-order valence-electron chi connectivity index (χ0n) is 27.2. The van der Waals surface area contributed by atoms with Gasteiger partial charge < -0.3 is 9.05 Å². The van der Waals surface area contributed by atoms with Crippen LogP contribution in [0.3, 0.4) is 0 Å². The van der Waals surface area contributed by atoms with E-state index in [1.54, 1.807) is 43.5 Å². The molecule has 0 saturated carbocycles. The van der Waals surface area contributed by atoms with Crippen LogP contribution in [0.4, 0.5) is 26.3 Å². The van der Waals surface area contributed by atoms with Crippen LogP contribution in [0.15, 0.2) is 73.6 Å². The van der Waals surface area contributed by atoms with Crippen LogP contribution in [0.5, 0.6) is 0 Å². The summed E-state index contributed by atoms with van der Waals surface area (Å²) in [5, 5.41) is 6.78. The van der Waals surface area contributed by atoms with Gasteiger partial charge in [0.1, 0.15) is 0 Å². The molecular weight excluding hydrogens is 720 g/mol. The van der Waals surface area contributed by atoms with Crippen LogP contribution in [-0.2, 0) is 24.4 Å². The predicted octanol–water partition coefficient (Wildman–Crippen LogP) is 5.98. The largest absolute Gasteiger partial charge is 0.471 e. The Morgan fingerprint density at radius 3 is 1.65 bits per heavy atom. The van der Waals surface area contributed by atoms with Gasteiger partial charge in [-0.25, -0.2) is 4.98 Å². The molecule has 0 spiro atoms. The van der Waals surface area contributed by atoms with Gasteiger partial charge in [-0.05, 0) is 57.5 Å². The fourth-order valence-corrected chi connectivity index (χ4v) is 7.08. The number of thiazole rings is 1. The van der Waals surface area contributed by atoms with Gasteiger partial charge in [0.15, 0.2) is 10.6 Å². The van der Waals surface area contributed by atoms with E-state index in [2.05, 4.69) is 34.3 Å². The normalized spacial score (nSPS) is 12.7. The molecule has 0 saturated heterocycles. The van der Waals surface area contributed by atoms with Gasteiger partial charge in [0.2, 0.25) is 11.6 Å². The predicted molar refractivity (Wildman–Crippen MR) is 170 cm³/mol. The zero-order valence-corrected chi connectivity index (χ0v) is 28.1. The van der Waals surface area contributed by atoms with Crippen molar-refractivity contribution in [2.45, 2.75) is 52.1 Å². The van der Waals surface area contributed by atoms with Crippen LogP contribution in [0.25, 0.3) is 27.7 Å². The zero-order chi connectivity index (χ0) is 37.3. The minimum atomic E-state index is -4.93. The van der Waals surface area contributed by atoms with Gasteiger partial charge in [-0.15, -0.1) is 11.3 Å². The quantitative estimate of drug-likeness (QED) is 0.178. The van der Waals surface area contributed by atoms with Crippen molar-refractivity contribution in [3.8, 4) is 22.8 Å². The van der Waals surface area contributed by atoms with Gasteiger partial charge in [-0.3, -0.25) is 28.1 Å². The van der Waals surface area contributed by atoms with Crippen LogP contribution in [0.2, 0.25) is 0 Å². The average Bonchev–Trinajstić information content (AvgIpc) is 3.84. The number of halogens is 6. The van der Waals surface area contributed by atoms with Crippen LogP contribution in [0, 0.1) is 27.7 Å². The maximum absolute atomic E-state index is 14.4. The molecule has 7 aromatic rings. The Morgan fingerprint density at radius 2 is 1.21 bits per heavy atom. The third-order valence-electron chi connectivity index (χ3n) is 8.08. The number of fused-ring (bicyclic) bond motifs is 1. The van der Waals surface area contributed by atoms with E-state index >= 15 is 0 Å². The number of hydrogen-bond donors (Lipinski definition) is 0. The van der Waals surface area contributed by atoms with E-state index in [9.17, 15) is 35.9 Å². The summed E-state index contributed by atoms with van der Waals surface area (Å²) in [4.78, 5) is 46.1. The van der Waals surface area contributed by atoms with Crippen molar-refractivity contribution in [3.63, 3.8) is 0 Å². The molecule has 20 heteroatoms. The number of hydrogen-bond acceptors (Lipinski definition) is 11. The highest BCUT2D eigenvalue weighted by atomic mass is 32.1. The summed E-state index contributed by atoms with van der Waals surface area (Å²) in [6, 6.07) is 8.15. The molecule has 268 valence electrons. The maximum Gasteiger partial charge on any atom is 0.471 e. The number of aryl methyl sites for hydroxylation is 4. The molecule has 0 aromatic carbocycles. The third kappa shape index (κ3) is 5.97. The summed E-state index contributed by atoms with van der Waals surface area (Å²) in [5.74, 6) is -4.21. The lowest BCUT2D eigenvalue weighted by atomic mass is 9.92. The first-order valence-corrected chi connectivity index (χ1v) is 15.9. The molecule has 0 aliphatic carbocycles. The van der Waals surface area contributed by atoms with E-state index in [1.165, 1.54) is 45.0 Å². The Hall–Kier alpha value is -5.92. The molecule has 13 nitrogen and oxygen atoms in total. The van der Waals surface area contributed by atoms with Crippen LogP contribution < -0.4 is 11.1 Å². The average molecular weight is 744 g/mol. The molecule has 0 radical (unpaired) electrons. The molecule has 0 aliphatic heterocycles. The van der Waals surface area contributed by atoms with Crippen molar-refractivity contribution in [1.29, 1.82) is 0 Å². The topological polar surface area (TPSA) is 152 Å². The smallest absolute Gasteiger partial charge is 0.329 e. The van der Waals surface area contributed by atoms with Gasteiger partial charge in [-0.1, -0.05) is 10.3 Å². The van der Waals surface area contributed by atoms with Gasteiger partial charge in [-0.2, -0.15) is 36.3 Å². The number of pyridine rings is 3. The second kappa shape index (κ2) is 12.1. The molecule has 0 bridgehead atoms. The summed E-state index contributed by atoms with van der Waals surface area (Å²) in [7, 11) is 0. The minimum Gasteiger partial charge on any atom is -0.329 e.